The van der Waals surface area contributed by atoms with Gasteiger partial charge in [-0.15, -0.1) is 0 Å². The van der Waals surface area contributed by atoms with Crippen molar-refractivity contribution >= 4 is 29.5 Å². The molecule has 4 amide bonds. The topological polar surface area (TPSA) is 107 Å². The van der Waals surface area contributed by atoms with E-state index in [1.807, 2.05) is 0 Å². The molecule has 1 unspecified atom stereocenters. The van der Waals surface area contributed by atoms with Crippen molar-refractivity contribution in [1.82, 2.24) is 9.80 Å². The molecule has 1 aromatic rings. The van der Waals surface area contributed by atoms with E-state index in [0.717, 1.165) is 12.0 Å². The van der Waals surface area contributed by atoms with Gasteiger partial charge >= 0.3 is 12.0 Å². The average molecular weight is 345 g/mol. The van der Waals surface area contributed by atoms with Crippen LogP contribution in [0.5, 0.6) is 0 Å². The van der Waals surface area contributed by atoms with Gasteiger partial charge in [0.15, 0.2) is 0 Å². The monoisotopic (exact) mass is 345 g/mol. The number of hydrogen-bond donors (Lipinski definition) is 2. The third-order valence-corrected chi connectivity index (χ3v) is 4.40. The van der Waals surface area contributed by atoms with Crippen molar-refractivity contribution in [2.75, 3.05) is 11.9 Å². The summed E-state index contributed by atoms with van der Waals surface area (Å²) in [4.78, 5) is 49.7. The fourth-order valence-corrected chi connectivity index (χ4v) is 3.20. The van der Waals surface area contributed by atoms with Gasteiger partial charge in [-0.1, -0.05) is 12.1 Å². The number of imide groups is 1. The molecule has 25 heavy (non-hydrogen) atoms. The number of carbonyl (C=O) groups excluding carboxylic acids is 3. The summed E-state index contributed by atoms with van der Waals surface area (Å²) >= 11 is 0. The van der Waals surface area contributed by atoms with Crippen molar-refractivity contribution in [2.45, 2.75) is 38.3 Å². The molecule has 3 rings (SSSR count). The Kier molecular flexibility index (Phi) is 4.69. The summed E-state index contributed by atoms with van der Waals surface area (Å²) in [5.74, 6) is -1.59. The highest BCUT2D eigenvalue weighted by Crippen LogP contribution is 2.28. The Labute approximate surface area is 144 Å². The zero-order valence-electron chi connectivity index (χ0n) is 13.6. The van der Waals surface area contributed by atoms with Crippen LogP contribution in [0.4, 0.5) is 10.5 Å². The molecule has 132 valence electrons. The maximum atomic E-state index is 12.4. The predicted molar refractivity (Wildman–Crippen MR) is 87.6 cm³/mol. The van der Waals surface area contributed by atoms with Crippen LogP contribution >= 0.6 is 0 Å². The zero-order chi connectivity index (χ0) is 18.0. The molecule has 2 fully saturated rings. The summed E-state index contributed by atoms with van der Waals surface area (Å²) in [6.07, 6.45) is 1.22. The lowest BCUT2D eigenvalue weighted by Crippen LogP contribution is -2.32. The van der Waals surface area contributed by atoms with E-state index in [0.29, 0.717) is 18.7 Å². The Bertz CT molecular complexity index is 711. The third kappa shape index (κ3) is 3.62. The second-order valence-corrected chi connectivity index (χ2v) is 6.20. The molecule has 0 saturated carbocycles. The minimum absolute atomic E-state index is 0.112. The van der Waals surface area contributed by atoms with Crippen LogP contribution in [-0.4, -0.2) is 51.3 Å². The summed E-state index contributed by atoms with van der Waals surface area (Å²) in [6.45, 7) is 0.773. The van der Waals surface area contributed by atoms with Gasteiger partial charge in [0.1, 0.15) is 6.04 Å². The number of carboxylic acids is 1. The number of rotatable bonds is 6. The Morgan fingerprint density at radius 3 is 2.76 bits per heavy atom. The van der Waals surface area contributed by atoms with Crippen molar-refractivity contribution in [2.24, 2.45) is 0 Å². The Morgan fingerprint density at radius 1 is 1.24 bits per heavy atom. The SMILES string of the molecule is O=C(O)CCC(=O)Nc1cccc(CN2C(=O)C3CCCN3C2=O)c1. The van der Waals surface area contributed by atoms with E-state index >= 15 is 0 Å². The average Bonchev–Trinajstić information content (AvgIpc) is 3.13. The van der Waals surface area contributed by atoms with Crippen LogP contribution in [0.1, 0.15) is 31.2 Å². The van der Waals surface area contributed by atoms with Gasteiger partial charge in [-0.2, -0.15) is 0 Å². The molecule has 0 bridgehead atoms. The maximum absolute atomic E-state index is 12.4. The largest absolute Gasteiger partial charge is 0.481 e. The smallest absolute Gasteiger partial charge is 0.327 e. The maximum Gasteiger partial charge on any atom is 0.327 e. The molecular formula is C17H19N3O5. The standard InChI is InChI=1S/C17H19N3O5/c21-14(6-7-15(22)23)18-12-4-1-3-11(9-12)10-20-16(24)13-5-2-8-19(13)17(20)25/h1,3-4,9,13H,2,5-8,10H2,(H,18,21)(H,22,23). The number of aliphatic carboxylic acids is 1. The number of carbonyl (C=O) groups is 4. The molecule has 8 heteroatoms. The third-order valence-electron chi connectivity index (χ3n) is 4.40. The molecule has 1 atom stereocenters. The molecule has 0 aliphatic carbocycles. The van der Waals surface area contributed by atoms with Crippen LogP contribution in [0.25, 0.3) is 0 Å². The van der Waals surface area contributed by atoms with Crippen molar-refractivity contribution in [3.05, 3.63) is 29.8 Å². The first-order valence-corrected chi connectivity index (χ1v) is 8.18. The highest BCUT2D eigenvalue weighted by atomic mass is 16.4. The minimum Gasteiger partial charge on any atom is -0.481 e. The molecule has 0 spiro atoms. The molecular weight excluding hydrogens is 326 g/mol. The van der Waals surface area contributed by atoms with Gasteiger partial charge in [-0.05, 0) is 30.5 Å². The summed E-state index contributed by atoms with van der Waals surface area (Å²) in [6, 6.07) is 6.26. The van der Waals surface area contributed by atoms with Crippen LogP contribution < -0.4 is 5.32 Å². The Balaban J connectivity index is 1.64. The second-order valence-electron chi connectivity index (χ2n) is 6.20. The summed E-state index contributed by atoms with van der Waals surface area (Å²) in [7, 11) is 0. The van der Waals surface area contributed by atoms with Gasteiger partial charge in [0.05, 0.1) is 13.0 Å². The Hall–Kier alpha value is -2.90. The van der Waals surface area contributed by atoms with Crippen LogP contribution in [-0.2, 0) is 20.9 Å². The van der Waals surface area contributed by atoms with Crippen molar-refractivity contribution in [3.8, 4) is 0 Å². The predicted octanol–water partition coefficient (Wildman–Crippen LogP) is 1.42. The number of amides is 4. The zero-order valence-corrected chi connectivity index (χ0v) is 13.6. The second kappa shape index (κ2) is 6.92. The van der Waals surface area contributed by atoms with Crippen LogP contribution in [0, 0.1) is 0 Å². The number of nitrogens with zero attached hydrogens (tertiary/aromatic N) is 2. The van der Waals surface area contributed by atoms with Crippen molar-refractivity contribution < 1.29 is 24.3 Å². The van der Waals surface area contributed by atoms with Gasteiger partial charge in [0.2, 0.25) is 5.91 Å². The Morgan fingerprint density at radius 2 is 2.04 bits per heavy atom. The number of hydrogen-bond acceptors (Lipinski definition) is 4. The first kappa shape index (κ1) is 16.9. The lowest BCUT2D eigenvalue weighted by molar-refractivity contribution is -0.138. The van der Waals surface area contributed by atoms with Crippen LogP contribution in [0.3, 0.4) is 0 Å². The van der Waals surface area contributed by atoms with Crippen LogP contribution in [0.2, 0.25) is 0 Å². The van der Waals surface area contributed by atoms with E-state index in [1.165, 1.54) is 4.90 Å². The molecule has 2 aliphatic rings. The van der Waals surface area contributed by atoms with E-state index in [-0.39, 0.29) is 37.4 Å². The van der Waals surface area contributed by atoms with Gasteiger partial charge in [0, 0.05) is 18.7 Å². The fourth-order valence-electron chi connectivity index (χ4n) is 3.20. The first-order chi connectivity index (χ1) is 12.0. The fraction of sp³-hybridized carbons (Fsp3) is 0.412. The van der Waals surface area contributed by atoms with Crippen LogP contribution in [0.15, 0.2) is 24.3 Å². The highest BCUT2D eigenvalue weighted by molar-refractivity contribution is 6.04. The molecule has 1 aromatic carbocycles. The molecule has 2 N–H and O–H groups in total. The first-order valence-electron chi connectivity index (χ1n) is 8.18. The van der Waals surface area contributed by atoms with E-state index in [9.17, 15) is 19.2 Å². The van der Waals surface area contributed by atoms with E-state index in [4.69, 9.17) is 5.11 Å². The lowest BCUT2D eigenvalue weighted by atomic mass is 10.1. The summed E-state index contributed by atoms with van der Waals surface area (Å²) in [5.41, 5.74) is 1.23. The molecule has 0 radical (unpaired) electrons. The molecule has 8 nitrogen and oxygen atoms in total. The van der Waals surface area contributed by atoms with Gasteiger partial charge in [0.25, 0.3) is 5.91 Å². The molecule has 2 heterocycles. The highest BCUT2D eigenvalue weighted by Gasteiger charge is 2.47. The number of carboxylic acid groups (broad SMARTS) is 1. The number of fused-ring (bicyclic) bond motifs is 1. The quantitative estimate of drug-likeness (QED) is 0.758. The molecule has 0 aromatic heterocycles. The van der Waals surface area contributed by atoms with E-state index < -0.39 is 11.9 Å². The van der Waals surface area contributed by atoms with Crippen molar-refractivity contribution in [1.29, 1.82) is 0 Å². The molecule has 2 saturated heterocycles. The molecule has 2 aliphatic heterocycles. The van der Waals surface area contributed by atoms with Gasteiger partial charge in [-0.3, -0.25) is 19.3 Å². The number of urea groups is 1. The number of nitrogens with one attached hydrogen (secondary N) is 1. The lowest BCUT2D eigenvalue weighted by Gasteiger charge is -2.16. The van der Waals surface area contributed by atoms with Gasteiger partial charge < -0.3 is 15.3 Å². The normalized spacial score (nSPS) is 19.3. The van der Waals surface area contributed by atoms with Crippen molar-refractivity contribution in [3.63, 3.8) is 0 Å². The van der Waals surface area contributed by atoms with E-state index in [1.54, 1.807) is 29.2 Å². The number of benzene rings is 1. The summed E-state index contributed by atoms with van der Waals surface area (Å²) < 4.78 is 0. The minimum atomic E-state index is -1.03. The van der Waals surface area contributed by atoms with E-state index in [2.05, 4.69) is 5.32 Å². The van der Waals surface area contributed by atoms with Gasteiger partial charge in [-0.25, -0.2) is 4.79 Å². The summed E-state index contributed by atoms with van der Waals surface area (Å²) in [5, 5.41) is 11.2. The number of anilines is 1.